The molecule has 6 rings (SSSR count). The Kier molecular flexibility index (Phi) is 6.37. The molecular weight excluding hydrogens is 512 g/mol. The molecule has 6 heteroatoms. The van der Waals surface area contributed by atoms with Crippen molar-refractivity contribution in [1.29, 1.82) is 0 Å². The summed E-state index contributed by atoms with van der Waals surface area (Å²) in [6.45, 7) is 8.09. The molecule has 1 aliphatic carbocycles. The van der Waals surface area contributed by atoms with E-state index in [9.17, 15) is 14.7 Å². The van der Waals surface area contributed by atoms with E-state index in [1.165, 1.54) is 11.1 Å². The largest absolute Gasteiger partial charge is 0.508 e. The SMILES string of the molecule is CC(=O)N1c2ccc(NC(=O)OCC3c4ccccc4-c4ccccc43)cc2C(C)(c2ccc(O)cc2)CC1(C)C. The highest BCUT2D eigenvalue weighted by molar-refractivity contribution is 5.96. The first-order valence-electron chi connectivity index (χ1n) is 14.0. The summed E-state index contributed by atoms with van der Waals surface area (Å²) in [6, 6.07) is 29.4. The van der Waals surface area contributed by atoms with E-state index in [1.54, 1.807) is 19.1 Å². The lowest BCUT2D eigenvalue weighted by atomic mass is 9.65. The van der Waals surface area contributed by atoms with Crippen molar-refractivity contribution in [2.75, 3.05) is 16.8 Å². The predicted molar refractivity (Wildman–Crippen MR) is 162 cm³/mol. The lowest BCUT2D eigenvalue weighted by Gasteiger charge is -2.51. The third-order valence-corrected chi connectivity index (χ3v) is 8.63. The highest BCUT2D eigenvalue weighted by atomic mass is 16.5. The Hall–Kier alpha value is -4.58. The van der Waals surface area contributed by atoms with Gasteiger partial charge in [0.25, 0.3) is 0 Å². The molecule has 2 aliphatic rings. The number of phenols is 1. The number of anilines is 2. The molecule has 1 unspecified atom stereocenters. The minimum absolute atomic E-state index is 0.0270. The summed E-state index contributed by atoms with van der Waals surface area (Å²) >= 11 is 0. The van der Waals surface area contributed by atoms with Gasteiger partial charge in [0.1, 0.15) is 12.4 Å². The molecule has 0 spiro atoms. The molecule has 0 fully saturated rings. The van der Waals surface area contributed by atoms with Crippen LogP contribution in [0, 0.1) is 0 Å². The van der Waals surface area contributed by atoms with Crippen molar-refractivity contribution in [3.05, 3.63) is 113 Å². The highest BCUT2D eigenvalue weighted by Crippen LogP contribution is 2.51. The summed E-state index contributed by atoms with van der Waals surface area (Å²) in [5, 5.41) is 12.8. The summed E-state index contributed by atoms with van der Waals surface area (Å²) in [5.74, 6) is 0.130. The topological polar surface area (TPSA) is 78.9 Å². The predicted octanol–water partition coefficient (Wildman–Crippen LogP) is 7.59. The van der Waals surface area contributed by atoms with Gasteiger partial charge >= 0.3 is 6.09 Å². The van der Waals surface area contributed by atoms with Gasteiger partial charge in [-0.05, 0) is 84.0 Å². The average molecular weight is 547 g/mol. The number of benzene rings is 4. The maximum Gasteiger partial charge on any atom is 0.411 e. The number of phenolic OH excluding ortho intramolecular Hbond substituents is 1. The fraction of sp³-hybridized carbons (Fsp3) is 0.257. The second kappa shape index (κ2) is 9.81. The molecular formula is C35H34N2O4. The number of rotatable bonds is 4. The summed E-state index contributed by atoms with van der Waals surface area (Å²) in [5.41, 5.74) is 7.09. The quantitative estimate of drug-likeness (QED) is 0.276. The van der Waals surface area contributed by atoms with E-state index in [-0.39, 0.29) is 24.2 Å². The second-order valence-corrected chi connectivity index (χ2v) is 11.9. The Morgan fingerprint density at radius 1 is 0.902 bits per heavy atom. The van der Waals surface area contributed by atoms with Crippen molar-refractivity contribution in [3.63, 3.8) is 0 Å². The number of ether oxygens (including phenoxy) is 1. The van der Waals surface area contributed by atoms with Gasteiger partial charge in [-0.2, -0.15) is 0 Å². The van der Waals surface area contributed by atoms with Gasteiger partial charge in [-0.15, -0.1) is 0 Å². The van der Waals surface area contributed by atoms with E-state index >= 15 is 0 Å². The molecule has 0 aromatic heterocycles. The van der Waals surface area contributed by atoms with Crippen LogP contribution in [-0.2, 0) is 14.9 Å². The normalized spacial score (nSPS) is 18.7. The van der Waals surface area contributed by atoms with Gasteiger partial charge in [-0.3, -0.25) is 10.1 Å². The van der Waals surface area contributed by atoms with Crippen LogP contribution in [0.25, 0.3) is 11.1 Å². The Morgan fingerprint density at radius 3 is 2.12 bits per heavy atom. The lowest BCUT2D eigenvalue weighted by Crippen LogP contribution is -2.55. The Morgan fingerprint density at radius 2 is 1.51 bits per heavy atom. The Balaban J connectivity index is 1.28. The molecule has 41 heavy (non-hydrogen) atoms. The molecule has 2 N–H and O–H groups in total. The van der Waals surface area contributed by atoms with Gasteiger partial charge < -0.3 is 14.7 Å². The molecule has 0 bridgehead atoms. The summed E-state index contributed by atoms with van der Waals surface area (Å²) in [7, 11) is 0. The van der Waals surface area contributed by atoms with Crippen LogP contribution in [0.5, 0.6) is 5.75 Å². The number of carbonyl (C=O) groups excluding carboxylic acids is 2. The maximum atomic E-state index is 13.1. The van der Waals surface area contributed by atoms with E-state index < -0.39 is 17.0 Å². The van der Waals surface area contributed by atoms with Crippen molar-refractivity contribution in [1.82, 2.24) is 0 Å². The van der Waals surface area contributed by atoms with E-state index in [0.717, 1.165) is 27.9 Å². The maximum absolute atomic E-state index is 13.1. The lowest BCUT2D eigenvalue weighted by molar-refractivity contribution is -0.117. The average Bonchev–Trinajstić information content (AvgIpc) is 3.25. The number of amides is 2. The van der Waals surface area contributed by atoms with Crippen molar-refractivity contribution < 1.29 is 19.4 Å². The molecule has 208 valence electrons. The van der Waals surface area contributed by atoms with Crippen LogP contribution in [0.1, 0.15) is 62.3 Å². The van der Waals surface area contributed by atoms with Crippen molar-refractivity contribution in [3.8, 4) is 16.9 Å². The molecule has 0 saturated heterocycles. The zero-order valence-corrected chi connectivity index (χ0v) is 23.8. The molecule has 4 aromatic carbocycles. The molecule has 6 nitrogen and oxygen atoms in total. The molecule has 2 amide bonds. The molecule has 1 atom stereocenters. The van der Waals surface area contributed by atoms with Gasteiger partial charge in [0, 0.05) is 35.2 Å². The molecule has 4 aromatic rings. The summed E-state index contributed by atoms with van der Waals surface area (Å²) in [4.78, 5) is 27.7. The number of carbonyl (C=O) groups is 2. The molecule has 0 radical (unpaired) electrons. The van der Waals surface area contributed by atoms with Crippen LogP contribution in [0.2, 0.25) is 0 Å². The van der Waals surface area contributed by atoms with Crippen LogP contribution in [0.4, 0.5) is 16.2 Å². The minimum Gasteiger partial charge on any atom is -0.508 e. The van der Waals surface area contributed by atoms with Gasteiger partial charge in [0.05, 0.1) is 0 Å². The van der Waals surface area contributed by atoms with E-state index in [1.807, 2.05) is 59.5 Å². The minimum atomic E-state index is -0.530. The van der Waals surface area contributed by atoms with Gasteiger partial charge in [0.2, 0.25) is 5.91 Å². The van der Waals surface area contributed by atoms with E-state index in [0.29, 0.717) is 12.1 Å². The van der Waals surface area contributed by atoms with Crippen LogP contribution >= 0.6 is 0 Å². The molecule has 0 saturated carbocycles. The fourth-order valence-corrected chi connectivity index (χ4v) is 7.05. The van der Waals surface area contributed by atoms with Crippen molar-refractivity contribution >= 4 is 23.4 Å². The van der Waals surface area contributed by atoms with Crippen LogP contribution in [-0.4, -0.2) is 29.3 Å². The Labute approximate surface area is 240 Å². The third-order valence-electron chi connectivity index (χ3n) is 8.63. The van der Waals surface area contributed by atoms with E-state index in [4.69, 9.17) is 4.74 Å². The number of nitrogens with zero attached hydrogens (tertiary/aromatic N) is 1. The highest BCUT2D eigenvalue weighted by Gasteiger charge is 2.47. The smallest absolute Gasteiger partial charge is 0.411 e. The fourth-order valence-electron chi connectivity index (χ4n) is 7.05. The number of hydrogen-bond donors (Lipinski definition) is 2. The number of fused-ring (bicyclic) bond motifs is 4. The van der Waals surface area contributed by atoms with Gasteiger partial charge in [-0.25, -0.2) is 4.79 Å². The number of nitrogens with one attached hydrogen (secondary N) is 1. The Bertz CT molecular complexity index is 1610. The first-order valence-corrected chi connectivity index (χ1v) is 14.0. The number of hydrogen-bond acceptors (Lipinski definition) is 4. The zero-order valence-electron chi connectivity index (χ0n) is 23.8. The molecule has 1 aliphatic heterocycles. The van der Waals surface area contributed by atoms with Crippen molar-refractivity contribution in [2.45, 2.75) is 51.0 Å². The standard InChI is InChI=1S/C35H34N2O4/c1-22(38)37-32-18-15-24(19-31(32)35(4,21-34(37,2)3)23-13-16-25(39)17-14-23)36-33(40)41-20-30-28-11-7-5-9-26(28)27-10-6-8-12-29(27)30/h5-19,30,39H,20-21H2,1-4H3,(H,36,40). The van der Waals surface area contributed by atoms with Gasteiger partial charge in [0.15, 0.2) is 0 Å². The van der Waals surface area contributed by atoms with E-state index in [2.05, 4.69) is 50.4 Å². The second-order valence-electron chi connectivity index (χ2n) is 11.9. The zero-order chi connectivity index (χ0) is 28.9. The van der Waals surface area contributed by atoms with Crippen LogP contribution in [0.15, 0.2) is 91.0 Å². The third kappa shape index (κ3) is 4.53. The monoisotopic (exact) mass is 546 g/mol. The van der Waals surface area contributed by atoms with Gasteiger partial charge in [-0.1, -0.05) is 67.6 Å². The first-order chi connectivity index (χ1) is 19.6. The summed E-state index contributed by atoms with van der Waals surface area (Å²) < 4.78 is 5.79. The number of aromatic hydroxyl groups is 1. The van der Waals surface area contributed by atoms with Crippen LogP contribution < -0.4 is 10.2 Å². The first kappa shape index (κ1) is 26.6. The summed E-state index contributed by atoms with van der Waals surface area (Å²) in [6.07, 6.45) is 0.129. The molecule has 1 heterocycles. The van der Waals surface area contributed by atoms with Crippen LogP contribution in [0.3, 0.4) is 0 Å². The van der Waals surface area contributed by atoms with Crippen molar-refractivity contribution in [2.24, 2.45) is 0 Å².